The van der Waals surface area contributed by atoms with E-state index in [1.54, 1.807) is 0 Å². The molecule has 4 nitrogen and oxygen atoms in total. The average Bonchev–Trinajstić information content (AvgIpc) is 3.97. The summed E-state index contributed by atoms with van der Waals surface area (Å²) in [4.78, 5) is 4.87. The molecule has 0 unspecified atom stereocenters. The summed E-state index contributed by atoms with van der Waals surface area (Å²) in [7, 11) is 0. The SMILES string of the molecule is C1=Cc2c(ccc3c2oc2ccc(N(c4ccccc4)c4cccc5c4sc4ccccc45)c(N(c4ccccc4)c4ccc5oc6ccccc6c5c4)c23)CC1. The van der Waals surface area contributed by atoms with Crippen molar-refractivity contribution in [2.75, 3.05) is 9.80 Å². The molecule has 270 valence electrons. The van der Waals surface area contributed by atoms with Crippen LogP contribution in [0.15, 0.2) is 185 Å². The molecule has 0 N–H and O–H groups in total. The lowest BCUT2D eigenvalue weighted by atomic mass is 9.94. The van der Waals surface area contributed by atoms with E-state index in [1.165, 1.54) is 31.3 Å². The number of fused-ring (bicyclic) bond motifs is 11. The highest BCUT2D eigenvalue weighted by molar-refractivity contribution is 7.26. The number of allylic oxidation sites excluding steroid dienone is 1. The van der Waals surface area contributed by atoms with E-state index in [0.29, 0.717) is 0 Å². The van der Waals surface area contributed by atoms with Gasteiger partial charge < -0.3 is 18.6 Å². The van der Waals surface area contributed by atoms with Gasteiger partial charge in [0.25, 0.3) is 0 Å². The van der Waals surface area contributed by atoms with Crippen LogP contribution in [0, 0.1) is 0 Å². The van der Waals surface area contributed by atoms with Crippen molar-refractivity contribution >= 4 is 116 Å². The van der Waals surface area contributed by atoms with Crippen molar-refractivity contribution in [3.63, 3.8) is 0 Å². The number of rotatable bonds is 6. The summed E-state index contributed by atoms with van der Waals surface area (Å²) < 4.78 is 15.8. The van der Waals surface area contributed by atoms with E-state index in [1.807, 2.05) is 23.5 Å². The molecule has 1 aliphatic rings. The first kappa shape index (κ1) is 32.2. The van der Waals surface area contributed by atoms with E-state index in [2.05, 4.69) is 180 Å². The zero-order chi connectivity index (χ0) is 37.5. The maximum absolute atomic E-state index is 6.98. The van der Waals surface area contributed by atoms with E-state index in [0.717, 1.165) is 90.8 Å². The number of aryl methyl sites for hydroxylation is 1. The first-order valence-electron chi connectivity index (χ1n) is 19.5. The van der Waals surface area contributed by atoms with Gasteiger partial charge in [0.2, 0.25) is 0 Å². The Balaban J connectivity index is 1.23. The Morgan fingerprint density at radius 1 is 0.474 bits per heavy atom. The van der Waals surface area contributed by atoms with Gasteiger partial charge in [0, 0.05) is 54.3 Å². The highest BCUT2D eigenvalue weighted by Crippen LogP contribution is 2.54. The van der Waals surface area contributed by atoms with Crippen LogP contribution in [0.5, 0.6) is 0 Å². The molecule has 3 aromatic heterocycles. The van der Waals surface area contributed by atoms with Gasteiger partial charge in [-0.05, 0) is 91.2 Å². The van der Waals surface area contributed by atoms with Crippen LogP contribution in [0.1, 0.15) is 17.5 Å². The maximum Gasteiger partial charge on any atom is 0.142 e. The van der Waals surface area contributed by atoms with Gasteiger partial charge in [0.05, 0.1) is 27.1 Å². The van der Waals surface area contributed by atoms with Gasteiger partial charge in [-0.1, -0.05) is 109 Å². The van der Waals surface area contributed by atoms with Crippen LogP contribution in [0.3, 0.4) is 0 Å². The minimum Gasteiger partial charge on any atom is -0.456 e. The van der Waals surface area contributed by atoms with Crippen molar-refractivity contribution in [1.82, 2.24) is 0 Å². The van der Waals surface area contributed by atoms with Gasteiger partial charge in [0.1, 0.15) is 22.3 Å². The Bertz CT molecular complexity index is 3370. The summed E-state index contributed by atoms with van der Waals surface area (Å²) in [5.74, 6) is 0. The van der Waals surface area contributed by atoms with Gasteiger partial charge in [-0.2, -0.15) is 0 Å². The second kappa shape index (κ2) is 12.7. The van der Waals surface area contributed by atoms with Crippen LogP contribution in [-0.2, 0) is 6.42 Å². The molecular weight excluding hydrogens is 717 g/mol. The number of nitrogens with zero attached hydrogens (tertiary/aromatic N) is 2. The van der Waals surface area contributed by atoms with Crippen molar-refractivity contribution < 1.29 is 8.83 Å². The van der Waals surface area contributed by atoms with Crippen molar-refractivity contribution in [2.45, 2.75) is 12.8 Å². The van der Waals surface area contributed by atoms with Crippen LogP contribution in [0.2, 0.25) is 0 Å². The normalized spacial score (nSPS) is 12.7. The number of hydrogen-bond acceptors (Lipinski definition) is 5. The molecule has 0 fully saturated rings. The molecule has 8 aromatic carbocycles. The van der Waals surface area contributed by atoms with Gasteiger partial charge >= 0.3 is 0 Å². The molecule has 0 radical (unpaired) electrons. The Labute approximate surface area is 332 Å². The minimum absolute atomic E-state index is 0.847. The summed E-state index contributed by atoms with van der Waals surface area (Å²) in [5, 5.41) is 6.85. The van der Waals surface area contributed by atoms with E-state index < -0.39 is 0 Å². The topological polar surface area (TPSA) is 32.8 Å². The summed E-state index contributed by atoms with van der Waals surface area (Å²) in [6.07, 6.45) is 6.56. The minimum atomic E-state index is 0.847. The van der Waals surface area contributed by atoms with Crippen LogP contribution in [0.4, 0.5) is 34.1 Å². The number of thiophene rings is 1. The van der Waals surface area contributed by atoms with E-state index in [9.17, 15) is 0 Å². The lowest BCUT2D eigenvalue weighted by Crippen LogP contribution is -2.17. The van der Waals surface area contributed by atoms with Crippen LogP contribution >= 0.6 is 11.3 Å². The highest BCUT2D eigenvalue weighted by atomic mass is 32.1. The van der Waals surface area contributed by atoms with Crippen molar-refractivity contribution in [3.8, 4) is 0 Å². The van der Waals surface area contributed by atoms with Crippen LogP contribution in [-0.4, -0.2) is 0 Å². The Hall–Kier alpha value is -7.08. The third-order valence-electron chi connectivity index (χ3n) is 11.5. The molecule has 0 saturated heterocycles. The molecule has 3 heterocycles. The van der Waals surface area contributed by atoms with Crippen LogP contribution < -0.4 is 9.80 Å². The van der Waals surface area contributed by atoms with Gasteiger partial charge in [-0.25, -0.2) is 0 Å². The molecule has 11 aromatic rings. The fraction of sp³-hybridized carbons (Fsp3) is 0.0385. The fourth-order valence-electron chi connectivity index (χ4n) is 8.94. The summed E-state index contributed by atoms with van der Waals surface area (Å²) in [5.41, 5.74) is 12.3. The number of furan rings is 2. The third kappa shape index (κ3) is 4.99. The molecule has 57 heavy (non-hydrogen) atoms. The molecule has 0 atom stereocenters. The van der Waals surface area contributed by atoms with E-state index in [-0.39, 0.29) is 0 Å². The zero-order valence-corrected chi connectivity index (χ0v) is 31.7. The second-order valence-electron chi connectivity index (χ2n) is 14.7. The molecule has 0 spiro atoms. The number of benzene rings is 8. The smallest absolute Gasteiger partial charge is 0.142 e. The molecule has 0 saturated carbocycles. The Morgan fingerprint density at radius 2 is 1.19 bits per heavy atom. The number of para-hydroxylation sites is 3. The highest BCUT2D eigenvalue weighted by Gasteiger charge is 2.29. The largest absolute Gasteiger partial charge is 0.456 e. The van der Waals surface area contributed by atoms with Crippen molar-refractivity contribution in [1.29, 1.82) is 0 Å². The predicted octanol–water partition coefficient (Wildman–Crippen LogP) is 15.8. The van der Waals surface area contributed by atoms with Gasteiger partial charge in [0.15, 0.2) is 0 Å². The first-order valence-corrected chi connectivity index (χ1v) is 20.3. The Morgan fingerprint density at radius 3 is 2.05 bits per heavy atom. The van der Waals surface area contributed by atoms with Crippen molar-refractivity contribution in [3.05, 3.63) is 187 Å². The summed E-state index contributed by atoms with van der Waals surface area (Å²) >= 11 is 1.85. The molecular formula is C52H34N2O2S. The quantitative estimate of drug-likeness (QED) is 0.169. The second-order valence-corrected chi connectivity index (χ2v) is 15.8. The third-order valence-corrected chi connectivity index (χ3v) is 12.7. The molecule has 0 amide bonds. The molecule has 12 rings (SSSR count). The number of anilines is 6. The summed E-state index contributed by atoms with van der Waals surface area (Å²) in [6, 6.07) is 60.8. The molecule has 1 aliphatic carbocycles. The molecule has 5 heteroatoms. The first-order chi connectivity index (χ1) is 28.3. The van der Waals surface area contributed by atoms with E-state index in [4.69, 9.17) is 8.83 Å². The lowest BCUT2D eigenvalue weighted by Gasteiger charge is -2.34. The monoisotopic (exact) mass is 750 g/mol. The number of hydrogen-bond donors (Lipinski definition) is 0. The van der Waals surface area contributed by atoms with E-state index >= 15 is 0 Å². The molecule has 0 bridgehead atoms. The van der Waals surface area contributed by atoms with Crippen LogP contribution in [0.25, 0.3) is 70.1 Å². The lowest BCUT2D eigenvalue weighted by molar-refractivity contribution is 0.666. The summed E-state index contributed by atoms with van der Waals surface area (Å²) in [6.45, 7) is 0. The fourth-order valence-corrected chi connectivity index (χ4v) is 10.1. The predicted molar refractivity (Wildman–Crippen MR) is 241 cm³/mol. The van der Waals surface area contributed by atoms with Crippen molar-refractivity contribution in [2.24, 2.45) is 0 Å². The van der Waals surface area contributed by atoms with Gasteiger partial charge in [-0.3, -0.25) is 0 Å². The Kier molecular flexibility index (Phi) is 7.19. The maximum atomic E-state index is 6.98. The average molecular weight is 751 g/mol. The van der Waals surface area contributed by atoms with Gasteiger partial charge in [-0.15, -0.1) is 11.3 Å². The molecule has 0 aliphatic heterocycles. The standard InChI is InChI=1S/C52H34N2O2S/c1-3-15-34(16-4-1)53(36-27-30-46-42(32-36)38-20-9-11-24-45(38)55-46)50-43(29-31-47-49(50)41-28-26-33-14-7-8-19-37(33)51(41)56-47)54(35-17-5-2-6-18-35)44-23-13-22-40-39-21-10-12-25-48(39)57-52(40)44/h1-6,8-13,15-32H,7,14H2. The zero-order valence-electron chi connectivity index (χ0n) is 30.9.